The lowest BCUT2D eigenvalue weighted by Gasteiger charge is -2.33. The summed E-state index contributed by atoms with van der Waals surface area (Å²) in [5, 5.41) is 16.2. The lowest BCUT2D eigenvalue weighted by Crippen LogP contribution is -2.50. The van der Waals surface area contributed by atoms with Gasteiger partial charge in [0.25, 0.3) is 0 Å². The van der Waals surface area contributed by atoms with E-state index in [4.69, 9.17) is 4.74 Å². The highest BCUT2D eigenvalue weighted by molar-refractivity contribution is 5.68. The average molecular weight is 314 g/mol. The molecule has 0 aliphatic heterocycles. The van der Waals surface area contributed by atoms with Crippen LogP contribution in [0.5, 0.6) is 0 Å². The zero-order valence-electron chi connectivity index (χ0n) is 14.9. The van der Waals surface area contributed by atoms with Gasteiger partial charge < -0.3 is 20.5 Å². The molecule has 1 aliphatic rings. The van der Waals surface area contributed by atoms with E-state index in [9.17, 15) is 9.90 Å². The van der Waals surface area contributed by atoms with Crippen molar-refractivity contribution >= 4 is 6.09 Å². The summed E-state index contributed by atoms with van der Waals surface area (Å²) in [4.78, 5) is 11.9. The van der Waals surface area contributed by atoms with E-state index in [0.717, 1.165) is 38.6 Å². The smallest absolute Gasteiger partial charge is 0.407 e. The molecule has 1 rings (SSSR count). The number of aliphatic hydroxyl groups is 1. The van der Waals surface area contributed by atoms with Gasteiger partial charge in [-0.05, 0) is 52.9 Å². The molecule has 0 aromatic rings. The summed E-state index contributed by atoms with van der Waals surface area (Å²) in [5.74, 6) is 0. The standard InChI is InChI=1S/C17H34N2O3/c1-6-17(7-2,12-20)11-18-13-9-8-10-14(13)19-15(21)22-16(3,4)5/h13-14,18,20H,6-12H2,1-5H3,(H,19,21). The molecule has 1 saturated carbocycles. The first-order chi connectivity index (χ1) is 10.2. The minimum absolute atomic E-state index is 0.0565. The Morgan fingerprint density at radius 1 is 1.18 bits per heavy atom. The van der Waals surface area contributed by atoms with Crippen molar-refractivity contribution < 1.29 is 14.6 Å². The van der Waals surface area contributed by atoms with Gasteiger partial charge in [-0.2, -0.15) is 0 Å². The number of alkyl carbamates (subject to hydrolysis) is 1. The van der Waals surface area contributed by atoms with Gasteiger partial charge in [0.05, 0.1) is 0 Å². The van der Waals surface area contributed by atoms with E-state index in [1.807, 2.05) is 20.8 Å². The Labute approximate surface area is 135 Å². The normalized spacial score (nSPS) is 22.6. The highest BCUT2D eigenvalue weighted by Gasteiger charge is 2.32. The first-order valence-corrected chi connectivity index (χ1v) is 8.59. The van der Waals surface area contributed by atoms with Crippen molar-refractivity contribution in [2.24, 2.45) is 5.41 Å². The van der Waals surface area contributed by atoms with Gasteiger partial charge in [0, 0.05) is 30.7 Å². The number of ether oxygens (including phenoxy) is 1. The van der Waals surface area contributed by atoms with E-state index < -0.39 is 5.60 Å². The summed E-state index contributed by atoms with van der Waals surface area (Å²) in [6.45, 7) is 10.8. The number of rotatable bonds is 7. The summed E-state index contributed by atoms with van der Waals surface area (Å²) in [6, 6.07) is 0.372. The number of nitrogens with one attached hydrogen (secondary N) is 2. The molecule has 1 amide bonds. The van der Waals surface area contributed by atoms with Crippen LogP contribution in [0.3, 0.4) is 0 Å². The first kappa shape index (κ1) is 19.2. The van der Waals surface area contributed by atoms with Gasteiger partial charge in [-0.15, -0.1) is 0 Å². The van der Waals surface area contributed by atoms with Gasteiger partial charge >= 0.3 is 6.09 Å². The summed E-state index contributed by atoms with van der Waals surface area (Å²) in [5.41, 5.74) is -0.527. The Kier molecular flexibility index (Phi) is 7.13. The molecule has 22 heavy (non-hydrogen) atoms. The van der Waals surface area contributed by atoms with Crippen LogP contribution in [0.4, 0.5) is 4.79 Å². The number of aliphatic hydroxyl groups excluding tert-OH is 1. The fourth-order valence-electron chi connectivity index (χ4n) is 2.96. The lowest BCUT2D eigenvalue weighted by atomic mass is 9.83. The highest BCUT2D eigenvalue weighted by Crippen LogP contribution is 2.26. The fraction of sp³-hybridized carbons (Fsp3) is 0.941. The number of carbonyl (C=O) groups excluding carboxylic acids is 1. The van der Waals surface area contributed by atoms with Crippen molar-refractivity contribution in [1.29, 1.82) is 0 Å². The third kappa shape index (κ3) is 5.76. The number of carbonyl (C=O) groups is 1. The molecule has 0 bridgehead atoms. The van der Waals surface area contributed by atoms with Gasteiger partial charge in [0.1, 0.15) is 5.60 Å². The highest BCUT2D eigenvalue weighted by atomic mass is 16.6. The number of hydrogen-bond acceptors (Lipinski definition) is 4. The van der Waals surface area contributed by atoms with Crippen LogP contribution in [0.1, 0.15) is 66.7 Å². The van der Waals surface area contributed by atoms with Crippen molar-refractivity contribution in [2.45, 2.75) is 84.4 Å². The topological polar surface area (TPSA) is 70.6 Å². The Balaban J connectivity index is 2.51. The number of hydrogen-bond donors (Lipinski definition) is 3. The molecule has 2 unspecified atom stereocenters. The maximum atomic E-state index is 11.9. The quantitative estimate of drug-likeness (QED) is 0.676. The molecule has 1 aliphatic carbocycles. The maximum Gasteiger partial charge on any atom is 0.407 e. The third-order valence-corrected chi connectivity index (χ3v) is 4.79. The molecule has 1 fully saturated rings. The second-order valence-corrected chi connectivity index (χ2v) is 7.54. The molecule has 0 aromatic carbocycles. The van der Waals surface area contributed by atoms with Gasteiger partial charge in [0.2, 0.25) is 0 Å². The van der Waals surface area contributed by atoms with Crippen LogP contribution in [-0.4, -0.2) is 42.0 Å². The van der Waals surface area contributed by atoms with Crippen LogP contribution < -0.4 is 10.6 Å². The molecule has 0 spiro atoms. The Hall–Kier alpha value is -0.810. The van der Waals surface area contributed by atoms with Crippen LogP contribution in [0, 0.1) is 5.41 Å². The molecule has 3 N–H and O–H groups in total. The van der Waals surface area contributed by atoms with Crippen LogP contribution in [0.25, 0.3) is 0 Å². The molecule has 0 heterocycles. The maximum absolute atomic E-state index is 11.9. The molecule has 0 saturated heterocycles. The number of amides is 1. The van der Waals surface area contributed by atoms with E-state index >= 15 is 0 Å². The van der Waals surface area contributed by atoms with Gasteiger partial charge in [-0.3, -0.25) is 0 Å². The van der Waals surface area contributed by atoms with Crippen LogP contribution in [0.15, 0.2) is 0 Å². The van der Waals surface area contributed by atoms with Gasteiger partial charge in [-0.25, -0.2) is 4.79 Å². The fourth-order valence-corrected chi connectivity index (χ4v) is 2.96. The summed E-state index contributed by atoms with van der Waals surface area (Å²) in [6.07, 6.45) is 4.68. The second-order valence-electron chi connectivity index (χ2n) is 7.54. The summed E-state index contributed by atoms with van der Waals surface area (Å²) in [7, 11) is 0. The van der Waals surface area contributed by atoms with E-state index in [0.29, 0.717) is 0 Å². The monoisotopic (exact) mass is 314 g/mol. The SMILES string of the molecule is CCC(CC)(CO)CNC1CCCC1NC(=O)OC(C)(C)C. The average Bonchev–Trinajstić information content (AvgIpc) is 2.86. The van der Waals surface area contributed by atoms with Gasteiger partial charge in [-0.1, -0.05) is 13.8 Å². The Morgan fingerprint density at radius 3 is 2.27 bits per heavy atom. The van der Waals surface area contributed by atoms with Crippen molar-refractivity contribution in [2.75, 3.05) is 13.2 Å². The zero-order valence-corrected chi connectivity index (χ0v) is 14.9. The zero-order chi connectivity index (χ0) is 16.8. The van der Waals surface area contributed by atoms with E-state index in [-0.39, 0.29) is 30.2 Å². The van der Waals surface area contributed by atoms with Crippen LogP contribution in [-0.2, 0) is 4.74 Å². The molecule has 130 valence electrons. The largest absolute Gasteiger partial charge is 0.444 e. The first-order valence-electron chi connectivity index (χ1n) is 8.59. The molecular formula is C17H34N2O3. The van der Waals surface area contributed by atoms with E-state index in [2.05, 4.69) is 24.5 Å². The minimum atomic E-state index is -0.470. The van der Waals surface area contributed by atoms with Crippen molar-refractivity contribution in [3.63, 3.8) is 0 Å². The third-order valence-electron chi connectivity index (χ3n) is 4.79. The van der Waals surface area contributed by atoms with Crippen molar-refractivity contribution in [3.05, 3.63) is 0 Å². The molecule has 5 nitrogen and oxygen atoms in total. The molecule has 2 atom stereocenters. The summed E-state index contributed by atoms with van der Waals surface area (Å²) >= 11 is 0. The Morgan fingerprint density at radius 2 is 1.77 bits per heavy atom. The van der Waals surface area contributed by atoms with E-state index in [1.54, 1.807) is 0 Å². The van der Waals surface area contributed by atoms with Crippen LogP contribution in [0.2, 0.25) is 0 Å². The molecular weight excluding hydrogens is 280 g/mol. The molecule has 0 radical (unpaired) electrons. The van der Waals surface area contributed by atoms with Crippen LogP contribution >= 0.6 is 0 Å². The minimum Gasteiger partial charge on any atom is -0.444 e. The van der Waals surface area contributed by atoms with Gasteiger partial charge in [0.15, 0.2) is 0 Å². The molecule has 5 heteroatoms. The summed E-state index contributed by atoms with van der Waals surface area (Å²) < 4.78 is 5.34. The predicted octanol–water partition coefficient (Wildman–Crippen LogP) is 2.82. The predicted molar refractivity (Wildman–Crippen MR) is 88.9 cm³/mol. The van der Waals surface area contributed by atoms with Crippen molar-refractivity contribution in [3.8, 4) is 0 Å². The lowest BCUT2D eigenvalue weighted by molar-refractivity contribution is 0.0493. The van der Waals surface area contributed by atoms with E-state index in [1.165, 1.54) is 0 Å². The van der Waals surface area contributed by atoms with Crippen molar-refractivity contribution in [1.82, 2.24) is 10.6 Å². The molecule has 0 aromatic heterocycles. The second kappa shape index (κ2) is 8.16. The Bertz CT molecular complexity index is 340.